The minimum absolute atomic E-state index is 0.373. The van der Waals surface area contributed by atoms with Crippen LogP contribution < -0.4 is 15.4 Å². The van der Waals surface area contributed by atoms with Gasteiger partial charge in [0.1, 0.15) is 23.3 Å². The highest BCUT2D eigenvalue weighted by Gasteiger charge is 2.21. The summed E-state index contributed by atoms with van der Waals surface area (Å²) in [5.74, 6) is 1.56. The van der Waals surface area contributed by atoms with Crippen LogP contribution in [0.15, 0.2) is 47.4 Å². The second-order valence-electron chi connectivity index (χ2n) is 7.29. The van der Waals surface area contributed by atoms with Crippen molar-refractivity contribution in [2.75, 3.05) is 24.8 Å². The maximum Gasteiger partial charge on any atom is 0.328 e. The van der Waals surface area contributed by atoms with Crippen LogP contribution in [0, 0.1) is 6.92 Å². The number of fused-ring (bicyclic) bond motifs is 1. The van der Waals surface area contributed by atoms with Gasteiger partial charge in [-0.25, -0.2) is 9.50 Å². The molecule has 0 unspecified atom stereocenters. The average Bonchev–Trinajstić information content (AvgIpc) is 3.51. The fourth-order valence-corrected chi connectivity index (χ4v) is 3.67. The lowest BCUT2D eigenvalue weighted by molar-refractivity contribution is 0.407. The van der Waals surface area contributed by atoms with Gasteiger partial charge in [0.05, 0.1) is 18.5 Å². The van der Waals surface area contributed by atoms with Crippen LogP contribution in [0.4, 0.5) is 17.5 Å². The van der Waals surface area contributed by atoms with Crippen molar-refractivity contribution in [3.05, 3.63) is 48.7 Å². The average molecular weight is 431 g/mol. The summed E-state index contributed by atoms with van der Waals surface area (Å²) in [5, 5.41) is 12.8. The molecule has 0 aliphatic heterocycles. The second kappa shape index (κ2) is 7.38. The van der Waals surface area contributed by atoms with Crippen molar-refractivity contribution in [2.24, 2.45) is 7.05 Å². The van der Waals surface area contributed by atoms with E-state index in [1.807, 2.05) is 50.6 Å². The van der Waals surface area contributed by atoms with Gasteiger partial charge in [0.25, 0.3) is 0 Å². The number of hydrogen-bond donors (Lipinski definition) is 1. The number of nitrogens with two attached hydrogens (primary N) is 1. The molecule has 4 aromatic heterocycles. The molecule has 4 heterocycles. The van der Waals surface area contributed by atoms with Crippen LogP contribution in [0.25, 0.3) is 28.0 Å². The van der Waals surface area contributed by atoms with E-state index in [1.165, 1.54) is 6.33 Å². The summed E-state index contributed by atoms with van der Waals surface area (Å²) in [7, 11) is 5.32. The molecule has 0 saturated heterocycles. The molecule has 11 heteroatoms. The van der Waals surface area contributed by atoms with Gasteiger partial charge in [0.2, 0.25) is 0 Å². The van der Waals surface area contributed by atoms with E-state index in [1.54, 1.807) is 28.1 Å². The van der Waals surface area contributed by atoms with Gasteiger partial charge in [0.15, 0.2) is 11.6 Å². The molecule has 32 heavy (non-hydrogen) atoms. The smallest absolute Gasteiger partial charge is 0.328 e. The number of hydrogen-bond acceptors (Lipinski definition) is 9. The van der Waals surface area contributed by atoms with Crippen LogP contribution in [0.3, 0.4) is 0 Å². The van der Waals surface area contributed by atoms with E-state index in [2.05, 4.69) is 25.3 Å². The van der Waals surface area contributed by atoms with E-state index in [9.17, 15) is 0 Å². The van der Waals surface area contributed by atoms with E-state index < -0.39 is 0 Å². The van der Waals surface area contributed by atoms with Crippen molar-refractivity contribution < 1.29 is 9.26 Å². The molecule has 1 aromatic carbocycles. The zero-order chi connectivity index (χ0) is 22.4. The van der Waals surface area contributed by atoms with Crippen molar-refractivity contribution in [1.82, 2.24) is 34.5 Å². The Morgan fingerprint density at radius 1 is 1.19 bits per heavy atom. The van der Waals surface area contributed by atoms with Crippen LogP contribution in [0.1, 0.15) is 5.82 Å². The molecule has 0 amide bonds. The number of rotatable bonds is 5. The van der Waals surface area contributed by atoms with Crippen molar-refractivity contribution in [3.63, 3.8) is 0 Å². The van der Waals surface area contributed by atoms with Crippen LogP contribution >= 0.6 is 0 Å². The third kappa shape index (κ3) is 3.11. The Morgan fingerprint density at radius 3 is 2.72 bits per heavy atom. The highest BCUT2D eigenvalue weighted by Crippen LogP contribution is 2.39. The lowest BCUT2D eigenvalue weighted by Gasteiger charge is -2.18. The molecule has 0 saturated carbocycles. The van der Waals surface area contributed by atoms with Crippen molar-refractivity contribution in [1.29, 1.82) is 0 Å². The molecule has 5 rings (SSSR count). The van der Waals surface area contributed by atoms with Crippen LogP contribution in [0.5, 0.6) is 5.75 Å². The minimum Gasteiger partial charge on any atom is -0.495 e. The largest absolute Gasteiger partial charge is 0.495 e. The van der Waals surface area contributed by atoms with Crippen LogP contribution in [-0.2, 0) is 7.05 Å². The quantitative estimate of drug-likeness (QED) is 0.447. The molecular weight excluding hydrogens is 410 g/mol. The van der Waals surface area contributed by atoms with Crippen LogP contribution in [0.2, 0.25) is 0 Å². The van der Waals surface area contributed by atoms with E-state index in [0.29, 0.717) is 28.9 Å². The SMILES string of the molecule is COc1cc(-c2cc(-c3ccn(C)n3)n3ncnc(N)c23)ccc1N(C)c1nc(C)no1. The highest BCUT2D eigenvalue weighted by molar-refractivity contribution is 5.92. The Morgan fingerprint density at radius 2 is 2.03 bits per heavy atom. The molecule has 0 aliphatic carbocycles. The standard InChI is InChI=1S/C21H21N9O2/c1-12-25-21(32-27-12)29(3)16-6-5-13(9-18(16)31-4)14-10-17(15-7-8-28(2)26-15)30-19(14)20(22)23-11-24-30/h5-11H,1-4H3,(H2,22,23,24). The molecule has 162 valence electrons. The minimum atomic E-state index is 0.373. The number of anilines is 3. The number of aromatic nitrogens is 7. The maximum absolute atomic E-state index is 6.25. The van der Waals surface area contributed by atoms with Gasteiger partial charge in [-0.1, -0.05) is 11.2 Å². The first kappa shape index (κ1) is 19.5. The topological polar surface area (TPSA) is 125 Å². The highest BCUT2D eigenvalue weighted by atomic mass is 16.5. The fraction of sp³-hybridized carbons (Fsp3) is 0.190. The predicted octanol–water partition coefficient (Wildman–Crippen LogP) is 2.85. The first-order valence-corrected chi connectivity index (χ1v) is 9.81. The summed E-state index contributed by atoms with van der Waals surface area (Å²) in [6, 6.07) is 10.1. The molecule has 5 aromatic rings. The van der Waals surface area contributed by atoms with E-state index >= 15 is 0 Å². The second-order valence-corrected chi connectivity index (χ2v) is 7.29. The molecule has 11 nitrogen and oxygen atoms in total. The van der Waals surface area contributed by atoms with E-state index in [-0.39, 0.29) is 0 Å². The molecular formula is C21H21N9O2. The molecule has 0 spiro atoms. The van der Waals surface area contributed by atoms with Crippen LogP contribution in [-0.4, -0.2) is 48.7 Å². The predicted molar refractivity (Wildman–Crippen MR) is 119 cm³/mol. The third-order valence-corrected chi connectivity index (χ3v) is 5.21. The van der Waals surface area contributed by atoms with Gasteiger partial charge in [-0.3, -0.25) is 9.58 Å². The third-order valence-electron chi connectivity index (χ3n) is 5.21. The molecule has 0 bridgehead atoms. The Hall–Kier alpha value is -4.41. The number of ether oxygens (including phenoxy) is 1. The first-order chi connectivity index (χ1) is 15.5. The summed E-state index contributed by atoms with van der Waals surface area (Å²) in [5.41, 5.74) is 11.1. The molecule has 2 N–H and O–H groups in total. The lowest BCUT2D eigenvalue weighted by atomic mass is 10.0. The Bertz CT molecular complexity index is 1430. The fourth-order valence-electron chi connectivity index (χ4n) is 3.67. The van der Waals surface area contributed by atoms with E-state index in [4.69, 9.17) is 15.0 Å². The van der Waals surface area contributed by atoms with Gasteiger partial charge in [-0.15, -0.1) is 0 Å². The van der Waals surface area contributed by atoms with Gasteiger partial charge in [0, 0.05) is 25.9 Å². The Kier molecular flexibility index (Phi) is 4.51. The summed E-state index contributed by atoms with van der Waals surface area (Å²) in [6.45, 7) is 1.77. The summed E-state index contributed by atoms with van der Waals surface area (Å²) in [6.07, 6.45) is 3.31. The van der Waals surface area contributed by atoms with Crippen molar-refractivity contribution >= 4 is 23.0 Å². The molecule has 0 atom stereocenters. The summed E-state index contributed by atoms with van der Waals surface area (Å²) < 4.78 is 14.5. The molecule has 0 radical (unpaired) electrons. The number of nitrogens with zero attached hydrogens (tertiary/aromatic N) is 8. The van der Waals surface area contributed by atoms with Gasteiger partial charge in [-0.2, -0.15) is 15.2 Å². The molecule has 0 aliphatic rings. The lowest BCUT2D eigenvalue weighted by Crippen LogP contribution is -2.11. The van der Waals surface area contributed by atoms with Crippen molar-refractivity contribution in [3.8, 4) is 28.3 Å². The zero-order valence-corrected chi connectivity index (χ0v) is 18.0. The van der Waals surface area contributed by atoms with Gasteiger partial charge in [-0.05, 0) is 36.8 Å². The maximum atomic E-state index is 6.25. The summed E-state index contributed by atoms with van der Waals surface area (Å²) >= 11 is 0. The van der Waals surface area contributed by atoms with E-state index in [0.717, 1.165) is 28.2 Å². The number of aryl methyl sites for hydroxylation is 2. The van der Waals surface area contributed by atoms with Gasteiger partial charge >= 0.3 is 6.01 Å². The molecule has 0 fully saturated rings. The first-order valence-electron chi connectivity index (χ1n) is 9.81. The number of benzene rings is 1. The normalized spacial score (nSPS) is 11.2. The Labute approximate surface area is 183 Å². The van der Waals surface area contributed by atoms with Gasteiger partial charge < -0.3 is 15.0 Å². The zero-order valence-electron chi connectivity index (χ0n) is 18.0. The summed E-state index contributed by atoms with van der Waals surface area (Å²) in [4.78, 5) is 10.2. The van der Waals surface area contributed by atoms with Crippen molar-refractivity contribution in [2.45, 2.75) is 6.92 Å². The monoisotopic (exact) mass is 431 g/mol. The Balaban J connectivity index is 1.66. The number of methoxy groups -OCH3 is 1. The number of nitrogen functional groups attached to an aromatic ring is 1.